The van der Waals surface area contributed by atoms with E-state index in [2.05, 4.69) is 20.2 Å². The van der Waals surface area contributed by atoms with Crippen LogP contribution in [0.4, 0.5) is 16.2 Å². The number of anilines is 2. The molecule has 122 valence electrons. The highest BCUT2D eigenvalue weighted by molar-refractivity contribution is 7.92. The van der Waals surface area contributed by atoms with Gasteiger partial charge in [0.1, 0.15) is 4.90 Å². The molecular formula is C14H17N5O3S. The number of nitrogens with zero attached hydrogens (tertiary/aromatic N) is 2. The molecule has 2 heterocycles. The zero-order valence-electron chi connectivity index (χ0n) is 12.8. The Hall–Kier alpha value is -2.55. The smallest absolute Gasteiger partial charge is 0.321 e. The predicted octanol–water partition coefficient (Wildman–Crippen LogP) is 1.36. The molecule has 0 spiro atoms. The van der Waals surface area contributed by atoms with Gasteiger partial charge in [0.2, 0.25) is 0 Å². The second-order valence-corrected chi connectivity index (χ2v) is 6.92. The predicted molar refractivity (Wildman–Crippen MR) is 86.1 cm³/mol. The summed E-state index contributed by atoms with van der Waals surface area (Å²) in [6.07, 6.45) is 0. The summed E-state index contributed by atoms with van der Waals surface area (Å²) < 4.78 is 27.4. The first-order valence-electron chi connectivity index (χ1n) is 7.08. The zero-order valence-corrected chi connectivity index (χ0v) is 13.6. The molecule has 0 aliphatic carbocycles. The summed E-state index contributed by atoms with van der Waals surface area (Å²) in [5.41, 5.74) is 2.05. The number of rotatable bonds is 4. The Morgan fingerprint density at radius 3 is 2.43 bits per heavy atom. The lowest BCUT2D eigenvalue weighted by Crippen LogP contribution is -2.27. The van der Waals surface area contributed by atoms with Gasteiger partial charge in [-0.25, -0.2) is 13.2 Å². The number of benzene rings is 1. The van der Waals surface area contributed by atoms with Crippen LogP contribution < -0.4 is 14.9 Å². The number of urea groups is 1. The molecule has 0 atom stereocenters. The van der Waals surface area contributed by atoms with Gasteiger partial charge < -0.3 is 5.32 Å². The Morgan fingerprint density at radius 2 is 1.91 bits per heavy atom. The van der Waals surface area contributed by atoms with E-state index in [1.54, 1.807) is 43.0 Å². The van der Waals surface area contributed by atoms with E-state index in [-0.39, 0.29) is 10.9 Å². The summed E-state index contributed by atoms with van der Waals surface area (Å²) >= 11 is 0. The van der Waals surface area contributed by atoms with Gasteiger partial charge in [-0.3, -0.25) is 14.7 Å². The van der Waals surface area contributed by atoms with Crippen molar-refractivity contribution in [2.45, 2.75) is 18.7 Å². The summed E-state index contributed by atoms with van der Waals surface area (Å²) in [6, 6.07) is 6.52. The van der Waals surface area contributed by atoms with Gasteiger partial charge in [-0.15, -0.1) is 0 Å². The highest BCUT2D eigenvalue weighted by Gasteiger charge is 2.23. The van der Waals surface area contributed by atoms with Crippen LogP contribution in [0.15, 0.2) is 29.2 Å². The van der Waals surface area contributed by atoms with Crippen molar-refractivity contribution in [2.24, 2.45) is 0 Å². The monoisotopic (exact) mass is 335 g/mol. The van der Waals surface area contributed by atoms with Crippen molar-refractivity contribution >= 4 is 27.4 Å². The van der Waals surface area contributed by atoms with E-state index in [0.717, 1.165) is 5.69 Å². The average molecular weight is 335 g/mol. The lowest BCUT2D eigenvalue weighted by molar-refractivity contribution is 0.252. The van der Waals surface area contributed by atoms with Crippen LogP contribution in [0.5, 0.6) is 0 Å². The Bertz CT molecular complexity index is 822. The van der Waals surface area contributed by atoms with E-state index in [1.807, 2.05) is 0 Å². The van der Waals surface area contributed by atoms with Crippen molar-refractivity contribution in [1.29, 1.82) is 0 Å². The summed E-state index contributed by atoms with van der Waals surface area (Å²) in [4.78, 5) is 13.4. The van der Waals surface area contributed by atoms with Gasteiger partial charge in [0.25, 0.3) is 10.0 Å². The molecule has 2 aromatic rings. The first-order chi connectivity index (χ1) is 10.9. The fourth-order valence-corrected chi connectivity index (χ4v) is 4.00. The third-order valence-corrected chi connectivity index (χ3v) is 5.26. The topological polar surface area (TPSA) is 107 Å². The molecule has 23 heavy (non-hydrogen) atoms. The van der Waals surface area contributed by atoms with Crippen LogP contribution in [-0.2, 0) is 10.0 Å². The largest absolute Gasteiger partial charge is 0.336 e. The van der Waals surface area contributed by atoms with Crippen molar-refractivity contribution in [3.05, 3.63) is 35.7 Å². The van der Waals surface area contributed by atoms with Crippen LogP contribution in [0.1, 0.15) is 11.4 Å². The van der Waals surface area contributed by atoms with Gasteiger partial charge in [-0.2, -0.15) is 5.10 Å². The van der Waals surface area contributed by atoms with Crippen LogP contribution in [0.3, 0.4) is 0 Å². The van der Waals surface area contributed by atoms with Crippen LogP contribution in [0.2, 0.25) is 0 Å². The normalized spacial score (nSPS) is 14.9. The van der Waals surface area contributed by atoms with E-state index >= 15 is 0 Å². The fourth-order valence-electron chi connectivity index (χ4n) is 2.57. The third-order valence-electron chi connectivity index (χ3n) is 3.62. The van der Waals surface area contributed by atoms with Crippen LogP contribution in [0, 0.1) is 13.8 Å². The second kappa shape index (κ2) is 5.58. The van der Waals surface area contributed by atoms with E-state index in [1.165, 1.54) is 0 Å². The van der Waals surface area contributed by atoms with Gasteiger partial charge in [0.05, 0.1) is 11.4 Å². The molecule has 3 N–H and O–H groups in total. The van der Waals surface area contributed by atoms with Crippen molar-refractivity contribution in [1.82, 2.24) is 15.5 Å². The van der Waals surface area contributed by atoms with Gasteiger partial charge in [0, 0.05) is 24.5 Å². The van der Waals surface area contributed by atoms with Gasteiger partial charge in [-0.05, 0) is 38.1 Å². The SMILES string of the molecule is Cc1n[nH]c(C)c1S(=O)(=O)Nc1ccc(N2CCNC2=O)cc1. The first kappa shape index (κ1) is 15.3. The van der Waals surface area contributed by atoms with Gasteiger partial charge in [0.15, 0.2) is 0 Å². The second-order valence-electron chi connectivity index (χ2n) is 5.30. The molecule has 1 aromatic heterocycles. The molecule has 1 aliphatic heterocycles. The van der Waals surface area contributed by atoms with E-state index in [9.17, 15) is 13.2 Å². The van der Waals surface area contributed by atoms with Crippen LogP contribution in [0.25, 0.3) is 0 Å². The lowest BCUT2D eigenvalue weighted by atomic mass is 10.2. The number of aryl methyl sites for hydroxylation is 2. The average Bonchev–Trinajstić information content (AvgIpc) is 3.05. The van der Waals surface area contributed by atoms with Gasteiger partial charge >= 0.3 is 6.03 Å². The molecule has 0 bridgehead atoms. The fraction of sp³-hybridized carbons (Fsp3) is 0.286. The minimum atomic E-state index is -3.71. The molecule has 1 aliphatic rings. The van der Waals surface area contributed by atoms with E-state index < -0.39 is 10.0 Å². The lowest BCUT2D eigenvalue weighted by Gasteiger charge is -2.15. The molecule has 0 unspecified atom stereocenters. The maximum Gasteiger partial charge on any atom is 0.321 e. The molecule has 1 aromatic carbocycles. The maximum absolute atomic E-state index is 12.5. The Balaban J connectivity index is 1.82. The molecule has 3 rings (SSSR count). The molecule has 0 saturated carbocycles. The number of aromatic nitrogens is 2. The number of aromatic amines is 1. The van der Waals surface area contributed by atoms with E-state index in [4.69, 9.17) is 0 Å². The quantitative estimate of drug-likeness (QED) is 0.784. The molecule has 1 fully saturated rings. The highest BCUT2D eigenvalue weighted by Crippen LogP contribution is 2.23. The van der Waals surface area contributed by atoms with Gasteiger partial charge in [-0.1, -0.05) is 0 Å². The number of hydrogen-bond donors (Lipinski definition) is 3. The Kier molecular flexibility index (Phi) is 3.72. The molecule has 1 saturated heterocycles. The molecule has 8 nitrogen and oxygen atoms in total. The van der Waals surface area contributed by atoms with Crippen LogP contribution >= 0.6 is 0 Å². The summed E-state index contributed by atoms with van der Waals surface area (Å²) in [6.45, 7) is 4.49. The zero-order chi connectivity index (χ0) is 16.6. The number of carbonyl (C=O) groups excluding carboxylic acids is 1. The summed E-state index contributed by atoms with van der Waals surface area (Å²) in [5, 5.41) is 9.28. The first-order valence-corrected chi connectivity index (χ1v) is 8.56. The highest BCUT2D eigenvalue weighted by atomic mass is 32.2. The molecule has 0 radical (unpaired) electrons. The molecular weight excluding hydrogens is 318 g/mol. The van der Waals surface area contributed by atoms with E-state index in [0.29, 0.717) is 30.2 Å². The number of sulfonamides is 1. The Labute approximate surface area is 133 Å². The van der Waals surface area contributed by atoms with Crippen LogP contribution in [-0.4, -0.2) is 37.7 Å². The maximum atomic E-state index is 12.5. The van der Waals surface area contributed by atoms with Crippen molar-refractivity contribution in [3.63, 3.8) is 0 Å². The molecule has 9 heteroatoms. The summed E-state index contributed by atoms with van der Waals surface area (Å²) in [5.74, 6) is 0. The number of H-pyrrole nitrogens is 1. The molecule has 2 amide bonds. The minimum absolute atomic E-state index is 0.150. The standard InChI is InChI=1S/C14H17N5O3S/c1-9-13(10(2)17-16-9)23(21,22)18-11-3-5-12(6-4-11)19-8-7-15-14(19)20/h3-6,18H,7-8H2,1-2H3,(H,15,20)(H,16,17). The minimum Gasteiger partial charge on any atom is -0.336 e. The number of amides is 2. The summed E-state index contributed by atoms with van der Waals surface area (Å²) in [7, 11) is -3.71. The van der Waals surface area contributed by atoms with Crippen molar-refractivity contribution in [2.75, 3.05) is 22.7 Å². The van der Waals surface area contributed by atoms with Crippen molar-refractivity contribution < 1.29 is 13.2 Å². The number of carbonyl (C=O) groups is 1. The number of hydrogen-bond acceptors (Lipinski definition) is 4. The Morgan fingerprint density at radius 1 is 1.22 bits per heavy atom. The van der Waals surface area contributed by atoms with Crippen molar-refractivity contribution in [3.8, 4) is 0 Å². The third kappa shape index (κ3) is 2.87. The number of nitrogens with one attached hydrogen (secondary N) is 3.